The molecule has 0 bridgehead atoms. The van der Waals surface area contributed by atoms with E-state index in [-0.39, 0.29) is 24.0 Å². The van der Waals surface area contributed by atoms with Crippen molar-refractivity contribution in [2.75, 3.05) is 39.5 Å². The fourth-order valence-corrected chi connectivity index (χ4v) is 6.91. The Labute approximate surface area is 312 Å². The van der Waals surface area contributed by atoms with Crippen LogP contribution in [0, 0.1) is 16.7 Å². The van der Waals surface area contributed by atoms with Crippen LogP contribution >= 0.6 is 0 Å². The first kappa shape index (κ1) is 48.9. The Morgan fingerprint density at radius 1 is 0.580 bits per heavy atom. The monoisotopic (exact) mass is 710 g/mol. The Bertz CT molecular complexity index is 774. The molecule has 0 aliphatic carbocycles. The molecular weight excluding hydrogens is 622 g/mol. The average Bonchev–Trinajstić information content (AvgIpc) is 3.08. The van der Waals surface area contributed by atoms with E-state index in [2.05, 4.69) is 39.5 Å². The van der Waals surface area contributed by atoms with Gasteiger partial charge in [0.15, 0.2) is 0 Å². The minimum absolute atomic E-state index is 0.0111. The summed E-state index contributed by atoms with van der Waals surface area (Å²) in [5.74, 6) is 0.764. The van der Waals surface area contributed by atoms with E-state index >= 15 is 0 Å². The van der Waals surface area contributed by atoms with E-state index < -0.39 is 5.41 Å². The van der Waals surface area contributed by atoms with Gasteiger partial charge in [0.2, 0.25) is 0 Å². The molecule has 0 fully saturated rings. The summed E-state index contributed by atoms with van der Waals surface area (Å²) in [5.41, 5.74) is -0.408. The molecule has 0 aliphatic heterocycles. The minimum atomic E-state index is -0.419. The number of esters is 2. The molecule has 298 valence electrons. The number of carbonyl (C=O) groups excluding carboxylic acids is 2. The van der Waals surface area contributed by atoms with Crippen LogP contribution in [-0.2, 0) is 19.1 Å². The summed E-state index contributed by atoms with van der Waals surface area (Å²) < 4.78 is 11.4. The van der Waals surface area contributed by atoms with Gasteiger partial charge < -0.3 is 19.5 Å². The lowest BCUT2D eigenvalue weighted by Crippen LogP contribution is -2.29. The number of aliphatic hydroxyl groups excluding tert-OH is 1. The van der Waals surface area contributed by atoms with Crippen LogP contribution in [0.3, 0.4) is 0 Å². The van der Waals surface area contributed by atoms with Crippen molar-refractivity contribution in [2.45, 2.75) is 215 Å². The fourth-order valence-electron chi connectivity index (χ4n) is 6.91. The molecule has 0 aromatic heterocycles. The molecule has 0 unspecified atom stereocenters. The topological polar surface area (TPSA) is 76.1 Å². The summed E-state index contributed by atoms with van der Waals surface area (Å²) in [6.45, 7) is 19.3. The summed E-state index contributed by atoms with van der Waals surface area (Å²) in [4.78, 5) is 27.4. The first-order valence-corrected chi connectivity index (χ1v) is 21.7. The van der Waals surface area contributed by atoms with E-state index in [0.717, 1.165) is 109 Å². The van der Waals surface area contributed by atoms with E-state index in [1.807, 2.05) is 13.8 Å². The Hall–Kier alpha value is -1.14. The Kier molecular flexibility index (Phi) is 31.8. The predicted molar refractivity (Wildman–Crippen MR) is 214 cm³/mol. The van der Waals surface area contributed by atoms with E-state index in [9.17, 15) is 14.7 Å². The summed E-state index contributed by atoms with van der Waals surface area (Å²) in [6, 6.07) is 0. The standard InChI is InChI=1S/C44H87NO5/c1-8-11-14-15-16-17-21-31-41(47)50-39-43(4,5)32-23-20-26-35-45(36-37-46)34-25-19-18-24-33-44(6,7)42(48)49-38-27-22-30-40(28-12-9-2)29-13-10-3/h40,46H,8-39H2,1-7H3. The summed E-state index contributed by atoms with van der Waals surface area (Å²) in [5, 5.41) is 9.59. The molecule has 6 heteroatoms. The maximum atomic E-state index is 12.8. The third-order valence-corrected chi connectivity index (χ3v) is 10.6. The molecule has 0 spiro atoms. The first-order chi connectivity index (χ1) is 24.0. The second-order valence-corrected chi connectivity index (χ2v) is 16.9. The number of rotatable bonds is 37. The molecule has 0 saturated carbocycles. The highest BCUT2D eigenvalue weighted by Gasteiger charge is 2.28. The van der Waals surface area contributed by atoms with E-state index in [0.29, 0.717) is 19.6 Å². The number of ether oxygens (including phenoxy) is 2. The van der Waals surface area contributed by atoms with Gasteiger partial charge in [-0.2, -0.15) is 0 Å². The number of nitrogens with zero attached hydrogens (tertiary/aromatic N) is 1. The molecule has 0 amide bonds. The Balaban J connectivity index is 4.05. The molecule has 0 aliphatic rings. The largest absolute Gasteiger partial charge is 0.465 e. The molecule has 6 nitrogen and oxygen atoms in total. The third-order valence-electron chi connectivity index (χ3n) is 10.6. The number of hydrogen-bond acceptors (Lipinski definition) is 6. The normalized spacial score (nSPS) is 12.3. The maximum absolute atomic E-state index is 12.8. The number of hydrogen-bond donors (Lipinski definition) is 1. The van der Waals surface area contributed by atoms with Gasteiger partial charge in [-0.1, -0.05) is 150 Å². The molecule has 0 heterocycles. The molecule has 50 heavy (non-hydrogen) atoms. The lowest BCUT2D eigenvalue weighted by molar-refractivity contribution is -0.154. The predicted octanol–water partition coefficient (Wildman–Crippen LogP) is 12.2. The molecule has 0 aromatic carbocycles. The van der Waals surface area contributed by atoms with Crippen molar-refractivity contribution >= 4 is 11.9 Å². The molecule has 1 N–H and O–H groups in total. The van der Waals surface area contributed by atoms with Gasteiger partial charge in [-0.15, -0.1) is 0 Å². The van der Waals surface area contributed by atoms with Gasteiger partial charge in [0.25, 0.3) is 0 Å². The second kappa shape index (κ2) is 32.5. The molecule has 0 rings (SSSR count). The smallest absolute Gasteiger partial charge is 0.311 e. The van der Waals surface area contributed by atoms with Crippen molar-refractivity contribution < 1.29 is 24.2 Å². The number of aliphatic hydroxyl groups is 1. The van der Waals surface area contributed by atoms with E-state index in [1.165, 1.54) is 77.0 Å². The summed E-state index contributed by atoms with van der Waals surface area (Å²) in [7, 11) is 0. The van der Waals surface area contributed by atoms with Crippen molar-refractivity contribution in [1.29, 1.82) is 0 Å². The maximum Gasteiger partial charge on any atom is 0.311 e. The highest BCUT2D eigenvalue weighted by Crippen LogP contribution is 2.27. The van der Waals surface area contributed by atoms with E-state index in [1.54, 1.807) is 0 Å². The SMILES string of the molecule is CCCCCCCCCC(=O)OCC(C)(C)CCCCCN(CCO)CCCCCCC(C)(C)C(=O)OCCCCC(CCCC)CCCC. The van der Waals surface area contributed by atoms with Gasteiger partial charge in [-0.25, -0.2) is 0 Å². The van der Waals surface area contributed by atoms with Crippen LogP contribution in [0.2, 0.25) is 0 Å². The van der Waals surface area contributed by atoms with Gasteiger partial charge in [0.05, 0.1) is 25.2 Å². The van der Waals surface area contributed by atoms with E-state index in [4.69, 9.17) is 9.47 Å². The number of carbonyl (C=O) groups is 2. The lowest BCUT2D eigenvalue weighted by atomic mass is 9.87. The Morgan fingerprint density at radius 2 is 1.10 bits per heavy atom. The molecule has 0 saturated heterocycles. The quantitative estimate of drug-likeness (QED) is 0.0511. The van der Waals surface area contributed by atoms with Crippen molar-refractivity contribution in [3.63, 3.8) is 0 Å². The second-order valence-electron chi connectivity index (χ2n) is 16.9. The third kappa shape index (κ3) is 29.4. The summed E-state index contributed by atoms with van der Waals surface area (Å²) >= 11 is 0. The zero-order valence-corrected chi connectivity index (χ0v) is 34.7. The van der Waals surface area contributed by atoms with Gasteiger partial charge >= 0.3 is 11.9 Å². The van der Waals surface area contributed by atoms with Crippen LogP contribution in [0.25, 0.3) is 0 Å². The molecule has 0 atom stereocenters. The fraction of sp³-hybridized carbons (Fsp3) is 0.955. The van der Waals surface area contributed by atoms with Crippen molar-refractivity contribution in [3.8, 4) is 0 Å². The minimum Gasteiger partial charge on any atom is -0.465 e. The van der Waals surface area contributed by atoms with Crippen LogP contribution in [0.15, 0.2) is 0 Å². The van der Waals surface area contributed by atoms with Crippen molar-refractivity contribution in [3.05, 3.63) is 0 Å². The van der Waals surface area contributed by atoms with Crippen molar-refractivity contribution in [2.24, 2.45) is 16.7 Å². The summed E-state index contributed by atoms with van der Waals surface area (Å²) in [6.07, 6.45) is 30.2. The molecular formula is C44H87NO5. The molecule has 0 aromatic rings. The lowest BCUT2D eigenvalue weighted by Gasteiger charge is -2.25. The average molecular weight is 710 g/mol. The van der Waals surface area contributed by atoms with Gasteiger partial charge in [0, 0.05) is 13.0 Å². The van der Waals surface area contributed by atoms with Crippen LogP contribution in [0.1, 0.15) is 215 Å². The van der Waals surface area contributed by atoms with Crippen molar-refractivity contribution in [1.82, 2.24) is 4.90 Å². The van der Waals surface area contributed by atoms with Gasteiger partial charge in [-0.05, 0) is 83.2 Å². The van der Waals surface area contributed by atoms with Crippen LogP contribution in [0.5, 0.6) is 0 Å². The van der Waals surface area contributed by atoms with Crippen LogP contribution < -0.4 is 0 Å². The van der Waals surface area contributed by atoms with Crippen LogP contribution in [-0.4, -0.2) is 61.4 Å². The Morgan fingerprint density at radius 3 is 1.72 bits per heavy atom. The van der Waals surface area contributed by atoms with Gasteiger partial charge in [0.1, 0.15) is 0 Å². The zero-order chi connectivity index (χ0) is 37.4. The van der Waals surface area contributed by atoms with Crippen LogP contribution in [0.4, 0.5) is 0 Å². The van der Waals surface area contributed by atoms with Gasteiger partial charge in [-0.3, -0.25) is 9.59 Å². The first-order valence-electron chi connectivity index (χ1n) is 21.7. The zero-order valence-electron chi connectivity index (χ0n) is 34.7. The molecule has 0 radical (unpaired) electrons. The number of unbranched alkanes of at least 4 members (excludes halogenated alkanes) is 14. The highest BCUT2D eigenvalue weighted by atomic mass is 16.5. The highest BCUT2D eigenvalue weighted by molar-refractivity contribution is 5.75.